The number of hydrogen-bond donors (Lipinski definition) is 0. The fourth-order valence-corrected chi connectivity index (χ4v) is 0.167. The van der Waals surface area contributed by atoms with E-state index in [-0.39, 0.29) is 0 Å². The first-order chi connectivity index (χ1) is 5.91. The minimum Gasteiger partial charge on any atom is -0.382 e. The van der Waals surface area contributed by atoms with E-state index in [1.165, 1.54) is 0 Å². The molecule has 0 bridgehead atoms. The topological polar surface area (TPSA) is 18.5 Å². The summed E-state index contributed by atoms with van der Waals surface area (Å²) in [4.78, 5) is 0. The Morgan fingerprint density at radius 3 is 0.917 bits per heavy atom. The number of methoxy groups -OCH3 is 2. The van der Waals surface area contributed by atoms with Gasteiger partial charge in [-0.2, -0.15) is 0 Å². The molecule has 0 saturated heterocycles. The van der Waals surface area contributed by atoms with Crippen LogP contribution >= 0.6 is 0 Å². The molecule has 0 aromatic rings. The van der Waals surface area contributed by atoms with Gasteiger partial charge in [0.15, 0.2) is 0 Å². The van der Waals surface area contributed by atoms with E-state index in [1.54, 1.807) is 14.2 Å². The van der Waals surface area contributed by atoms with Crippen LogP contribution in [0, 0.1) is 0 Å². The second-order valence-electron chi connectivity index (χ2n) is 0.986. The van der Waals surface area contributed by atoms with E-state index in [0.717, 1.165) is 0 Å². The molecule has 0 radical (unpaired) electrons. The van der Waals surface area contributed by atoms with Gasteiger partial charge < -0.3 is 9.47 Å². The van der Waals surface area contributed by atoms with Crippen LogP contribution in [0.1, 0.15) is 0 Å². The Bertz CT molecular complexity index is 38.3. The molecule has 2 nitrogen and oxygen atoms in total. The van der Waals surface area contributed by atoms with E-state index in [9.17, 15) is 0 Å². The van der Waals surface area contributed by atoms with Gasteiger partial charge in [-0.15, -0.1) is 39.5 Å². The van der Waals surface area contributed by atoms with Gasteiger partial charge >= 0.3 is 0 Å². The van der Waals surface area contributed by atoms with Crippen LogP contribution < -0.4 is 0 Å². The molecule has 0 aliphatic heterocycles. The van der Waals surface area contributed by atoms with Crippen molar-refractivity contribution in [2.24, 2.45) is 0 Å². The van der Waals surface area contributed by atoms with Crippen molar-refractivity contribution < 1.29 is 9.47 Å². The first-order valence-electron chi connectivity index (χ1n) is 3.39. The Hall–Kier alpha value is -0.860. The van der Waals surface area contributed by atoms with Gasteiger partial charge in [-0.05, 0) is 0 Å². The summed E-state index contributed by atoms with van der Waals surface area (Å²) in [6.45, 7) is 19.4. The summed E-state index contributed by atoms with van der Waals surface area (Å²) in [6.07, 6.45) is 0. The maximum Gasteiger partial charge on any atom is 0.0696 e. The van der Waals surface area contributed by atoms with Crippen molar-refractivity contribution in [2.75, 3.05) is 27.4 Å². The van der Waals surface area contributed by atoms with E-state index in [4.69, 9.17) is 0 Å². The molecule has 0 N–H and O–H groups in total. The molecule has 0 rings (SSSR count). The predicted octanol–water partition coefficient (Wildman–Crippen LogP) is 2.69. The third-order valence-corrected chi connectivity index (χ3v) is 0.492. The van der Waals surface area contributed by atoms with Gasteiger partial charge in [0.25, 0.3) is 0 Å². The summed E-state index contributed by atoms with van der Waals surface area (Å²) in [5.74, 6) is 0. The fourth-order valence-electron chi connectivity index (χ4n) is 0.167. The minimum atomic E-state index is 0.691. The van der Waals surface area contributed by atoms with Gasteiger partial charge in [0.1, 0.15) is 0 Å². The van der Waals surface area contributed by atoms with Crippen molar-refractivity contribution in [1.82, 2.24) is 0 Å². The highest BCUT2D eigenvalue weighted by Gasteiger charge is 1.73. The average molecular weight is 174 g/mol. The van der Waals surface area contributed by atoms with Crippen LogP contribution in [0.15, 0.2) is 39.5 Å². The molecule has 0 aliphatic carbocycles. The van der Waals surface area contributed by atoms with Crippen LogP contribution in [-0.4, -0.2) is 27.4 Å². The first-order valence-corrected chi connectivity index (χ1v) is 3.39. The molecule has 0 aliphatic rings. The predicted molar refractivity (Wildman–Crippen MR) is 57.5 cm³/mol. The smallest absolute Gasteiger partial charge is 0.0696 e. The summed E-state index contributed by atoms with van der Waals surface area (Å²) in [5, 5.41) is 0. The molecule has 0 saturated carbocycles. The first kappa shape index (κ1) is 22.5. The van der Waals surface area contributed by atoms with Gasteiger partial charge in [-0.1, -0.05) is 0 Å². The lowest BCUT2D eigenvalue weighted by Gasteiger charge is -1.91. The van der Waals surface area contributed by atoms with E-state index in [2.05, 4.69) is 48.9 Å². The second kappa shape index (κ2) is 85.9. The average Bonchev–Trinajstić information content (AvgIpc) is 2.24. The molecule has 0 aromatic heterocycles. The molecule has 2 heteroatoms. The van der Waals surface area contributed by atoms with Gasteiger partial charge in [-0.25, -0.2) is 0 Å². The van der Waals surface area contributed by atoms with E-state index < -0.39 is 0 Å². The number of ether oxygens (including phenoxy) is 2. The van der Waals surface area contributed by atoms with Crippen molar-refractivity contribution >= 4 is 0 Å². The molecule has 0 aromatic carbocycles. The van der Waals surface area contributed by atoms with Crippen LogP contribution in [0.5, 0.6) is 0 Å². The molecule has 74 valence electrons. The normalized spacial score (nSPS) is 5.50. The zero-order valence-electron chi connectivity index (χ0n) is 8.47. The van der Waals surface area contributed by atoms with E-state index in [1.807, 2.05) is 0 Å². The standard InChI is InChI=1S/C4H10O2.3C2H4/c1-5-3-4-6-2;3*1-2/h3-4H2,1-2H3;3*1-2H2. The van der Waals surface area contributed by atoms with Gasteiger partial charge in [0, 0.05) is 14.2 Å². The Labute approximate surface area is 77.2 Å². The highest BCUT2D eigenvalue weighted by Crippen LogP contribution is 1.65. The molecular weight excluding hydrogens is 152 g/mol. The van der Waals surface area contributed by atoms with Crippen molar-refractivity contribution in [2.45, 2.75) is 0 Å². The highest BCUT2D eigenvalue weighted by atomic mass is 16.5. The molecule has 0 fully saturated rings. The van der Waals surface area contributed by atoms with E-state index in [0.29, 0.717) is 13.2 Å². The molecule has 12 heavy (non-hydrogen) atoms. The van der Waals surface area contributed by atoms with Crippen molar-refractivity contribution in [3.8, 4) is 0 Å². The number of hydrogen-bond acceptors (Lipinski definition) is 2. The summed E-state index contributed by atoms with van der Waals surface area (Å²) >= 11 is 0. The summed E-state index contributed by atoms with van der Waals surface area (Å²) in [7, 11) is 3.30. The Morgan fingerprint density at radius 1 is 0.667 bits per heavy atom. The zero-order chi connectivity index (χ0) is 10.8. The lowest BCUT2D eigenvalue weighted by Crippen LogP contribution is -1.96. The minimum absolute atomic E-state index is 0.691. The molecule has 0 unspecified atom stereocenters. The largest absolute Gasteiger partial charge is 0.382 e. The van der Waals surface area contributed by atoms with Crippen molar-refractivity contribution in [3.63, 3.8) is 0 Å². The molecule has 0 amide bonds. The van der Waals surface area contributed by atoms with Crippen LogP contribution in [0.3, 0.4) is 0 Å². The third-order valence-electron chi connectivity index (χ3n) is 0.492. The quantitative estimate of drug-likeness (QED) is 0.484. The van der Waals surface area contributed by atoms with Crippen LogP contribution in [-0.2, 0) is 9.47 Å². The lowest BCUT2D eigenvalue weighted by atomic mass is 10.8. The van der Waals surface area contributed by atoms with Crippen LogP contribution in [0.4, 0.5) is 0 Å². The SMILES string of the molecule is C=C.C=C.C=C.COCCOC. The van der Waals surface area contributed by atoms with Crippen molar-refractivity contribution in [1.29, 1.82) is 0 Å². The van der Waals surface area contributed by atoms with E-state index >= 15 is 0 Å². The van der Waals surface area contributed by atoms with Crippen LogP contribution in [0.25, 0.3) is 0 Å². The zero-order valence-corrected chi connectivity index (χ0v) is 8.47. The van der Waals surface area contributed by atoms with Crippen molar-refractivity contribution in [3.05, 3.63) is 39.5 Å². The highest BCUT2D eigenvalue weighted by molar-refractivity contribution is 4.22. The Kier molecular flexibility index (Phi) is 161. The molecule has 0 atom stereocenters. The Morgan fingerprint density at radius 2 is 0.833 bits per heavy atom. The monoisotopic (exact) mass is 174 g/mol. The van der Waals surface area contributed by atoms with Gasteiger partial charge in [-0.3, -0.25) is 0 Å². The maximum absolute atomic E-state index is 4.66. The number of rotatable bonds is 3. The second-order valence-corrected chi connectivity index (χ2v) is 0.986. The van der Waals surface area contributed by atoms with Crippen LogP contribution in [0.2, 0.25) is 0 Å². The molecule has 0 spiro atoms. The van der Waals surface area contributed by atoms with Gasteiger partial charge in [0.2, 0.25) is 0 Å². The third kappa shape index (κ3) is 132. The Balaban J connectivity index is -0.0000000453. The summed E-state index contributed by atoms with van der Waals surface area (Å²) in [5.41, 5.74) is 0. The lowest BCUT2D eigenvalue weighted by molar-refractivity contribution is 0.103. The fraction of sp³-hybridized carbons (Fsp3) is 0.400. The van der Waals surface area contributed by atoms with Gasteiger partial charge in [0.05, 0.1) is 13.2 Å². The maximum atomic E-state index is 4.66. The summed E-state index contributed by atoms with van der Waals surface area (Å²) in [6, 6.07) is 0. The molecular formula is C10H22O2. The molecule has 0 heterocycles. The summed E-state index contributed by atoms with van der Waals surface area (Å²) < 4.78 is 9.31.